The fraction of sp³-hybridized carbons (Fsp3) is 0.500. The van der Waals surface area contributed by atoms with Gasteiger partial charge in [0.2, 0.25) is 17.6 Å². The molecule has 1 spiro atoms. The number of carbonyl (C=O) groups is 1. The van der Waals surface area contributed by atoms with Gasteiger partial charge in [-0.15, -0.1) is 0 Å². The second-order valence-corrected chi connectivity index (χ2v) is 6.54. The Morgan fingerprint density at radius 3 is 2.58 bits per heavy atom. The highest BCUT2D eigenvalue weighted by Crippen LogP contribution is 2.36. The van der Waals surface area contributed by atoms with Crippen LogP contribution in [0.3, 0.4) is 0 Å². The molecule has 1 aromatic carbocycles. The third kappa shape index (κ3) is 3.06. The van der Waals surface area contributed by atoms with E-state index < -0.39 is 0 Å². The molecule has 0 saturated carbocycles. The number of piperidine rings is 1. The summed E-state index contributed by atoms with van der Waals surface area (Å²) in [4.78, 5) is 18.7. The van der Waals surface area contributed by atoms with Crippen molar-refractivity contribution >= 4 is 5.91 Å². The van der Waals surface area contributed by atoms with E-state index in [1.165, 1.54) is 0 Å². The standard InChI is InChI=1S/C18H21N3O3/c22-16(21-11-8-18(9-12-21)10-13-23-18)7-6-15-19-17(20-24-15)14-4-2-1-3-5-14/h1-5H,6-13H2. The van der Waals surface area contributed by atoms with Gasteiger partial charge in [-0.25, -0.2) is 0 Å². The van der Waals surface area contributed by atoms with Crippen molar-refractivity contribution in [3.63, 3.8) is 0 Å². The van der Waals surface area contributed by atoms with Crippen LogP contribution in [-0.4, -0.2) is 46.2 Å². The molecule has 0 radical (unpaired) electrons. The fourth-order valence-electron chi connectivity index (χ4n) is 3.38. The molecular formula is C18H21N3O3. The van der Waals surface area contributed by atoms with Crippen LogP contribution >= 0.6 is 0 Å². The van der Waals surface area contributed by atoms with E-state index in [2.05, 4.69) is 10.1 Å². The van der Waals surface area contributed by atoms with Crippen LogP contribution in [0.5, 0.6) is 0 Å². The molecule has 126 valence electrons. The van der Waals surface area contributed by atoms with Gasteiger partial charge in [-0.05, 0) is 19.3 Å². The van der Waals surface area contributed by atoms with E-state index in [0.29, 0.717) is 24.6 Å². The van der Waals surface area contributed by atoms with Gasteiger partial charge < -0.3 is 14.2 Å². The molecule has 0 unspecified atom stereocenters. The van der Waals surface area contributed by atoms with Crippen LogP contribution in [0, 0.1) is 0 Å². The first kappa shape index (κ1) is 15.3. The summed E-state index contributed by atoms with van der Waals surface area (Å²) < 4.78 is 11.0. The number of aromatic nitrogens is 2. The SMILES string of the molecule is O=C(CCc1nc(-c2ccccc2)no1)N1CCC2(CCO2)CC1. The number of hydrogen-bond donors (Lipinski definition) is 0. The summed E-state index contributed by atoms with van der Waals surface area (Å²) in [5.74, 6) is 1.24. The van der Waals surface area contributed by atoms with Crippen LogP contribution in [0.1, 0.15) is 31.6 Å². The van der Waals surface area contributed by atoms with E-state index in [4.69, 9.17) is 9.26 Å². The fourth-order valence-corrected chi connectivity index (χ4v) is 3.38. The molecule has 1 amide bonds. The lowest BCUT2D eigenvalue weighted by atomic mass is 9.84. The quantitative estimate of drug-likeness (QED) is 0.863. The number of nitrogens with zero attached hydrogens (tertiary/aromatic N) is 3. The highest BCUT2D eigenvalue weighted by atomic mass is 16.5. The second kappa shape index (κ2) is 6.36. The second-order valence-electron chi connectivity index (χ2n) is 6.54. The van der Waals surface area contributed by atoms with E-state index in [1.54, 1.807) is 0 Å². The molecule has 2 fully saturated rings. The number of benzene rings is 1. The first-order chi connectivity index (χ1) is 11.7. The molecule has 2 aliphatic heterocycles. The van der Waals surface area contributed by atoms with Crippen molar-refractivity contribution < 1.29 is 14.1 Å². The van der Waals surface area contributed by atoms with Gasteiger partial charge in [0.15, 0.2) is 0 Å². The highest BCUT2D eigenvalue weighted by molar-refractivity contribution is 5.76. The number of likely N-dealkylation sites (tertiary alicyclic amines) is 1. The average Bonchev–Trinajstić information content (AvgIpc) is 3.08. The van der Waals surface area contributed by atoms with Crippen molar-refractivity contribution in [1.82, 2.24) is 15.0 Å². The number of aryl methyl sites for hydroxylation is 1. The lowest BCUT2D eigenvalue weighted by Gasteiger charge is -2.47. The maximum absolute atomic E-state index is 12.4. The maximum Gasteiger partial charge on any atom is 0.227 e. The number of rotatable bonds is 4. The molecule has 6 nitrogen and oxygen atoms in total. The van der Waals surface area contributed by atoms with Crippen LogP contribution in [0.4, 0.5) is 0 Å². The van der Waals surface area contributed by atoms with Crippen molar-refractivity contribution in [3.05, 3.63) is 36.2 Å². The normalized spacial score (nSPS) is 19.2. The topological polar surface area (TPSA) is 68.5 Å². The first-order valence-corrected chi connectivity index (χ1v) is 8.54. The van der Waals surface area contributed by atoms with Gasteiger partial charge in [0.1, 0.15) is 0 Å². The van der Waals surface area contributed by atoms with E-state index in [9.17, 15) is 4.79 Å². The van der Waals surface area contributed by atoms with Crippen molar-refractivity contribution in [1.29, 1.82) is 0 Å². The van der Waals surface area contributed by atoms with Crippen LogP contribution in [0.2, 0.25) is 0 Å². The molecule has 0 atom stereocenters. The molecule has 4 rings (SSSR count). The molecule has 0 aliphatic carbocycles. The smallest absolute Gasteiger partial charge is 0.227 e. The molecule has 2 aromatic rings. The summed E-state index contributed by atoms with van der Waals surface area (Å²) in [6.07, 6.45) is 3.94. The zero-order valence-corrected chi connectivity index (χ0v) is 13.6. The number of hydrogen-bond acceptors (Lipinski definition) is 5. The molecule has 1 aromatic heterocycles. The summed E-state index contributed by atoms with van der Waals surface area (Å²) in [5, 5.41) is 3.99. The van der Waals surface area contributed by atoms with Gasteiger partial charge in [-0.2, -0.15) is 4.98 Å². The Kier molecular flexibility index (Phi) is 4.06. The average molecular weight is 327 g/mol. The Morgan fingerprint density at radius 2 is 1.92 bits per heavy atom. The predicted octanol–water partition coefficient (Wildman–Crippen LogP) is 2.45. The Hall–Kier alpha value is -2.21. The van der Waals surface area contributed by atoms with Gasteiger partial charge in [0, 0.05) is 31.5 Å². The van der Waals surface area contributed by atoms with Gasteiger partial charge in [-0.1, -0.05) is 35.5 Å². The van der Waals surface area contributed by atoms with E-state index in [1.807, 2.05) is 35.2 Å². The maximum atomic E-state index is 12.4. The summed E-state index contributed by atoms with van der Waals surface area (Å²) in [6, 6.07) is 9.69. The van der Waals surface area contributed by atoms with E-state index >= 15 is 0 Å². The van der Waals surface area contributed by atoms with E-state index in [-0.39, 0.29) is 11.5 Å². The monoisotopic (exact) mass is 327 g/mol. The van der Waals surface area contributed by atoms with Crippen LogP contribution in [0.25, 0.3) is 11.4 Å². The number of amides is 1. The molecule has 0 N–H and O–H groups in total. The minimum absolute atomic E-state index is 0.0772. The van der Waals surface area contributed by atoms with Gasteiger partial charge in [0.25, 0.3) is 0 Å². The molecule has 3 heterocycles. The van der Waals surface area contributed by atoms with E-state index in [0.717, 1.165) is 44.5 Å². The zero-order chi connectivity index (χ0) is 16.4. The summed E-state index contributed by atoms with van der Waals surface area (Å²) >= 11 is 0. The number of carbonyl (C=O) groups excluding carboxylic acids is 1. The molecule has 6 heteroatoms. The molecule has 2 aliphatic rings. The van der Waals surface area contributed by atoms with Crippen molar-refractivity contribution in [3.8, 4) is 11.4 Å². The zero-order valence-electron chi connectivity index (χ0n) is 13.6. The van der Waals surface area contributed by atoms with Gasteiger partial charge in [-0.3, -0.25) is 4.79 Å². The van der Waals surface area contributed by atoms with Crippen molar-refractivity contribution in [2.24, 2.45) is 0 Å². The Labute approximate surface area is 140 Å². The summed E-state index contributed by atoms with van der Waals surface area (Å²) in [6.45, 7) is 2.45. The molecular weight excluding hydrogens is 306 g/mol. The Balaban J connectivity index is 1.29. The number of ether oxygens (including phenoxy) is 1. The molecule has 0 bridgehead atoms. The van der Waals surface area contributed by atoms with Crippen molar-refractivity contribution in [2.45, 2.75) is 37.7 Å². The Morgan fingerprint density at radius 1 is 1.17 bits per heavy atom. The lowest BCUT2D eigenvalue weighted by molar-refractivity contribution is -0.176. The van der Waals surface area contributed by atoms with Gasteiger partial charge in [0.05, 0.1) is 12.2 Å². The minimum atomic E-state index is 0.0772. The van der Waals surface area contributed by atoms with Crippen LogP contribution in [0.15, 0.2) is 34.9 Å². The predicted molar refractivity (Wildman–Crippen MR) is 87.2 cm³/mol. The largest absolute Gasteiger partial charge is 0.375 e. The summed E-state index contributed by atoms with van der Waals surface area (Å²) in [7, 11) is 0. The lowest BCUT2D eigenvalue weighted by Crippen LogP contribution is -2.53. The molecule has 2 saturated heterocycles. The Bertz CT molecular complexity index is 699. The third-order valence-corrected chi connectivity index (χ3v) is 5.05. The first-order valence-electron chi connectivity index (χ1n) is 8.54. The summed E-state index contributed by atoms with van der Waals surface area (Å²) in [5.41, 5.74) is 0.995. The van der Waals surface area contributed by atoms with Gasteiger partial charge >= 0.3 is 0 Å². The molecule has 24 heavy (non-hydrogen) atoms. The highest BCUT2D eigenvalue weighted by Gasteiger charge is 2.41. The van der Waals surface area contributed by atoms with Crippen LogP contribution in [-0.2, 0) is 16.0 Å². The third-order valence-electron chi connectivity index (χ3n) is 5.05. The van der Waals surface area contributed by atoms with Crippen LogP contribution < -0.4 is 0 Å². The van der Waals surface area contributed by atoms with Crippen molar-refractivity contribution in [2.75, 3.05) is 19.7 Å². The minimum Gasteiger partial charge on any atom is -0.375 e.